The van der Waals surface area contributed by atoms with E-state index in [1.54, 1.807) is 32.0 Å². The summed E-state index contributed by atoms with van der Waals surface area (Å²) in [6.45, 7) is 4.61. The first-order valence-electron chi connectivity index (χ1n) is 9.87. The van der Waals surface area contributed by atoms with Crippen LogP contribution >= 0.6 is 11.6 Å². The molecule has 0 bridgehead atoms. The standard InChI is InChI=1S/C23H22ClFN2O5/c1-11(23(31)32)10-26-21(29)12(2)20-13(3)27(18-9-17(25)19(28)8-16(18)20)22(30)14-5-4-6-15(24)7-14/h4-9,11-12,28H,10H2,1-3H3,(H,26,29)(H,31,32)/t11?,12-/m0/s1. The van der Waals surface area contributed by atoms with E-state index in [0.29, 0.717) is 21.7 Å². The lowest BCUT2D eigenvalue weighted by atomic mass is 9.96. The molecular weight excluding hydrogens is 439 g/mol. The molecule has 0 saturated carbocycles. The number of carbonyl (C=O) groups excluding carboxylic acids is 2. The van der Waals surface area contributed by atoms with Gasteiger partial charge in [-0.3, -0.25) is 19.0 Å². The Morgan fingerprint density at radius 1 is 1.19 bits per heavy atom. The highest BCUT2D eigenvalue weighted by Gasteiger charge is 2.28. The fraction of sp³-hybridized carbons (Fsp3) is 0.261. The second-order valence-corrected chi connectivity index (χ2v) is 8.11. The van der Waals surface area contributed by atoms with Crippen LogP contribution in [0.15, 0.2) is 36.4 Å². The molecule has 3 rings (SSSR count). The zero-order chi connectivity index (χ0) is 23.7. The van der Waals surface area contributed by atoms with E-state index in [-0.39, 0.29) is 17.6 Å². The number of rotatable bonds is 6. The van der Waals surface area contributed by atoms with Gasteiger partial charge in [-0.2, -0.15) is 0 Å². The van der Waals surface area contributed by atoms with Crippen LogP contribution in [0.2, 0.25) is 5.02 Å². The molecular formula is C23H22ClFN2O5. The van der Waals surface area contributed by atoms with Crippen molar-refractivity contribution in [3.05, 3.63) is 64.1 Å². The Hall–Kier alpha value is -3.39. The number of carboxylic acids is 1. The normalized spacial score (nSPS) is 13.0. The van der Waals surface area contributed by atoms with Crippen LogP contribution in [-0.4, -0.2) is 39.1 Å². The van der Waals surface area contributed by atoms with Crippen molar-refractivity contribution in [2.75, 3.05) is 6.54 Å². The minimum absolute atomic E-state index is 0.0719. The molecule has 1 aromatic heterocycles. The summed E-state index contributed by atoms with van der Waals surface area (Å²) in [4.78, 5) is 37.1. The molecule has 0 spiro atoms. The van der Waals surface area contributed by atoms with Crippen molar-refractivity contribution in [1.29, 1.82) is 0 Å². The van der Waals surface area contributed by atoms with E-state index >= 15 is 0 Å². The maximum absolute atomic E-state index is 14.2. The number of aliphatic carboxylic acids is 1. The molecule has 9 heteroatoms. The van der Waals surface area contributed by atoms with Crippen molar-refractivity contribution in [2.45, 2.75) is 26.7 Å². The SMILES string of the molecule is Cc1c([C@H](C)C(=O)NCC(C)C(=O)O)c2cc(O)c(F)cc2n1C(=O)c1cccc(Cl)c1. The number of phenols is 1. The summed E-state index contributed by atoms with van der Waals surface area (Å²) in [5.74, 6) is -5.09. The Labute approximate surface area is 188 Å². The number of carbonyl (C=O) groups is 3. The Kier molecular flexibility index (Phi) is 6.55. The first-order chi connectivity index (χ1) is 15.0. The molecule has 0 radical (unpaired) electrons. The molecule has 1 amide bonds. The highest BCUT2D eigenvalue weighted by atomic mass is 35.5. The Bertz CT molecular complexity index is 1240. The summed E-state index contributed by atoms with van der Waals surface area (Å²) in [6.07, 6.45) is 0. The summed E-state index contributed by atoms with van der Waals surface area (Å²) in [5.41, 5.74) is 1.27. The van der Waals surface area contributed by atoms with Gasteiger partial charge in [-0.15, -0.1) is 0 Å². The highest BCUT2D eigenvalue weighted by Crippen LogP contribution is 2.36. The fourth-order valence-electron chi connectivity index (χ4n) is 3.63. The summed E-state index contributed by atoms with van der Waals surface area (Å²) in [5, 5.41) is 22.2. The quantitative estimate of drug-likeness (QED) is 0.513. The molecule has 3 N–H and O–H groups in total. The van der Waals surface area contributed by atoms with Gasteiger partial charge in [0.05, 0.1) is 17.4 Å². The molecule has 0 aliphatic heterocycles. The third-order valence-corrected chi connectivity index (χ3v) is 5.66. The van der Waals surface area contributed by atoms with Gasteiger partial charge in [0, 0.05) is 34.3 Å². The van der Waals surface area contributed by atoms with E-state index in [1.165, 1.54) is 23.6 Å². The highest BCUT2D eigenvalue weighted by molar-refractivity contribution is 6.31. The number of halogens is 2. The monoisotopic (exact) mass is 460 g/mol. The van der Waals surface area contributed by atoms with Crippen molar-refractivity contribution >= 4 is 40.3 Å². The zero-order valence-corrected chi connectivity index (χ0v) is 18.4. The summed E-state index contributed by atoms with van der Waals surface area (Å²) < 4.78 is 15.5. The average molecular weight is 461 g/mol. The molecule has 3 aromatic rings. The molecule has 0 saturated heterocycles. The Balaban J connectivity index is 2.12. The number of hydrogen-bond donors (Lipinski definition) is 3. The van der Waals surface area contributed by atoms with E-state index in [2.05, 4.69) is 5.32 Å². The largest absolute Gasteiger partial charge is 0.505 e. The van der Waals surface area contributed by atoms with E-state index < -0.39 is 41.2 Å². The van der Waals surface area contributed by atoms with Gasteiger partial charge in [0.1, 0.15) is 0 Å². The van der Waals surface area contributed by atoms with E-state index in [1.807, 2.05) is 0 Å². The predicted molar refractivity (Wildman–Crippen MR) is 118 cm³/mol. The number of benzene rings is 2. The lowest BCUT2D eigenvalue weighted by Gasteiger charge is -2.15. The molecule has 2 aromatic carbocycles. The van der Waals surface area contributed by atoms with Crippen molar-refractivity contribution in [3.63, 3.8) is 0 Å². The second kappa shape index (κ2) is 9.00. The van der Waals surface area contributed by atoms with Gasteiger partial charge in [-0.25, -0.2) is 4.39 Å². The van der Waals surface area contributed by atoms with E-state index in [4.69, 9.17) is 16.7 Å². The van der Waals surface area contributed by atoms with E-state index in [9.17, 15) is 23.9 Å². The summed E-state index contributed by atoms with van der Waals surface area (Å²) >= 11 is 6.01. The van der Waals surface area contributed by atoms with Crippen LogP contribution in [0.4, 0.5) is 4.39 Å². The third kappa shape index (κ3) is 4.31. The number of phenolic OH excluding ortho intramolecular Hbond substituents is 1. The first kappa shape index (κ1) is 23.3. The lowest BCUT2D eigenvalue weighted by molar-refractivity contribution is -0.141. The van der Waals surface area contributed by atoms with Gasteiger partial charge >= 0.3 is 5.97 Å². The van der Waals surface area contributed by atoms with Crippen LogP contribution in [-0.2, 0) is 9.59 Å². The van der Waals surface area contributed by atoms with E-state index in [0.717, 1.165) is 6.07 Å². The van der Waals surface area contributed by atoms with Crippen LogP contribution in [0.5, 0.6) is 5.75 Å². The maximum Gasteiger partial charge on any atom is 0.308 e. The van der Waals surface area contributed by atoms with Gasteiger partial charge in [0.2, 0.25) is 5.91 Å². The number of nitrogens with zero attached hydrogens (tertiary/aromatic N) is 1. The van der Waals surface area contributed by atoms with Crippen molar-refractivity contribution < 1.29 is 29.0 Å². The number of aromatic nitrogens is 1. The molecule has 1 heterocycles. The van der Waals surface area contributed by atoms with Crippen LogP contribution in [0.1, 0.15) is 41.4 Å². The fourth-order valence-corrected chi connectivity index (χ4v) is 3.82. The molecule has 0 fully saturated rings. The number of amides is 1. The van der Waals surface area contributed by atoms with Crippen molar-refractivity contribution in [1.82, 2.24) is 9.88 Å². The minimum Gasteiger partial charge on any atom is -0.505 e. The third-order valence-electron chi connectivity index (χ3n) is 5.43. The van der Waals surface area contributed by atoms with Crippen LogP contribution in [0.25, 0.3) is 10.9 Å². The number of carboxylic acid groups (broad SMARTS) is 1. The van der Waals surface area contributed by atoms with Crippen LogP contribution < -0.4 is 5.32 Å². The smallest absolute Gasteiger partial charge is 0.308 e. The predicted octanol–water partition coefficient (Wildman–Crippen LogP) is 4.08. The van der Waals surface area contributed by atoms with Gasteiger partial charge in [-0.05, 0) is 43.7 Å². The topological polar surface area (TPSA) is 109 Å². The Morgan fingerprint density at radius 2 is 1.88 bits per heavy atom. The molecule has 168 valence electrons. The van der Waals surface area contributed by atoms with Crippen molar-refractivity contribution in [2.24, 2.45) is 5.92 Å². The van der Waals surface area contributed by atoms with Crippen molar-refractivity contribution in [3.8, 4) is 5.75 Å². The average Bonchev–Trinajstić information content (AvgIpc) is 3.01. The Morgan fingerprint density at radius 3 is 2.50 bits per heavy atom. The molecule has 0 aliphatic carbocycles. The number of fused-ring (bicyclic) bond motifs is 1. The molecule has 0 aliphatic rings. The zero-order valence-electron chi connectivity index (χ0n) is 17.6. The molecule has 32 heavy (non-hydrogen) atoms. The van der Waals surface area contributed by atoms with Gasteiger partial charge < -0.3 is 15.5 Å². The molecule has 2 atom stereocenters. The number of nitrogens with one attached hydrogen (secondary N) is 1. The summed E-state index contributed by atoms with van der Waals surface area (Å²) in [6, 6.07) is 8.50. The second-order valence-electron chi connectivity index (χ2n) is 7.68. The van der Waals surface area contributed by atoms with Gasteiger partial charge in [0.25, 0.3) is 5.91 Å². The first-order valence-corrected chi connectivity index (χ1v) is 10.2. The van der Waals surface area contributed by atoms with Gasteiger partial charge in [0.15, 0.2) is 11.6 Å². The minimum atomic E-state index is -1.04. The number of aromatic hydroxyl groups is 1. The molecule has 1 unspecified atom stereocenters. The molecule has 7 nitrogen and oxygen atoms in total. The van der Waals surface area contributed by atoms with Crippen LogP contribution in [0, 0.1) is 18.7 Å². The maximum atomic E-state index is 14.2. The van der Waals surface area contributed by atoms with Crippen LogP contribution in [0.3, 0.4) is 0 Å². The lowest BCUT2D eigenvalue weighted by Crippen LogP contribution is -2.34. The summed E-state index contributed by atoms with van der Waals surface area (Å²) in [7, 11) is 0. The number of hydrogen-bond acceptors (Lipinski definition) is 4. The van der Waals surface area contributed by atoms with Gasteiger partial charge in [-0.1, -0.05) is 24.6 Å².